The molecule has 1 atom stereocenters. The largest absolute Gasteiger partial charge is 0.393 e. The molecule has 1 N–H and O–H groups in total. The second kappa shape index (κ2) is 7.49. The highest BCUT2D eigenvalue weighted by atomic mass is 16.5. The first-order valence-electron chi connectivity index (χ1n) is 8.13. The Morgan fingerprint density at radius 3 is 1.78 bits per heavy atom. The zero-order valence-corrected chi connectivity index (χ0v) is 11.8. The molecule has 1 aliphatic heterocycles. The third-order valence-electron chi connectivity index (χ3n) is 4.73. The Balaban J connectivity index is 1.87. The highest BCUT2D eigenvalue weighted by Gasteiger charge is 2.35. The number of rotatable bonds is 0. The van der Waals surface area contributed by atoms with Gasteiger partial charge in [0.1, 0.15) is 0 Å². The zero-order valence-electron chi connectivity index (χ0n) is 11.8. The van der Waals surface area contributed by atoms with Crippen LogP contribution in [0.25, 0.3) is 0 Å². The highest BCUT2D eigenvalue weighted by Crippen LogP contribution is 2.35. The van der Waals surface area contributed by atoms with Crippen molar-refractivity contribution in [2.45, 2.75) is 95.2 Å². The standard InChI is InChI=1S/C16H30O2/c17-15-10-13-18-16(14-15)11-8-6-4-2-1-3-5-7-9-12-16/h15,17H,1-14H2. The van der Waals surface area contributed by atoms with Crippen LogP contribution in [0.2, 0.25) is 0 Å². The molecule has 2 rings (SSSR count). The third-order valence-corrected chi connectivity index (χ3v) is 4.73. The van der Waals surface area contributed by atoms with Crippen LogP contribution in [0.3, 0.4) is 0 Å². The van der Waals surface area contributed by atoms with Crippen molar-refractivity contribution in [3.05, 3.63) is 0 Å². The number of hydrogen-bond acceptors (Lipinski definition) is 2. The minimum atomic E-state index is -0.119. The van der Waals surface area contributed by atoms with Crippen LogP contribution in [0.15, 0.2) is 0 Å². The average molecular weight is 254 g/mol. The molecular weight excluding hydrogens is 224 g/mol. The first-order chi connectivity index (χ1) is 8.81. The lowest BCUT2D eigenvalue weighted by molar-refractivity contribution is -0.128. The van der Waals surface area contributed by atoms with Gasteiger partial charge < -0.3 is 9.84 Å². The topological polar surface area (TPSA) is 29.5 Å². The molecule has 1 spiro atoms. The summed E-state index contributed by atoms with van der Waals surface area (Å²) in [7, 11) is 0. The smallest absolute Gasteiger partial charge is 0.0707 e. The minimum Gasteiger partial charge on any atom is -0.393 e. The van der Waals surface area contributed by atoms with Gasteiger partial charge in [-0.2, -0.15) is 0 Å². The molecule has 2 aliphatic rings. The van der Waals surface area contributed by atoms with E-state index in [0.717, 1.165) is 19.4 Å². The molecule has 2 heteroatoms. The van der Waals surface area contributed by atoms with Crippen LogP contribution < -0.4 is 0 Å². The number of hydrogen-bond donors (Lipinski definition) is 1. The molecule has 106 valence electrons. The van der Waals surface area contributed by atoms with Gasteiger partial charge in [-0.1, -0.05) is 57.8 Å². The molecule has 0 aromatic carbocycles. The van der Waals surface area contributed by atoms with E-state index in [2.05, 4.69) is 0 Å². The Kier molecular flexibility index (Phi) is 5.97. The Morgan fingerprint density at radius 2 is 1.28 bits per heavy atom. The average Bonchev–Trinajstić information content (AvgIpc) is 2.34. The van der Waals surface area contributed by atoms with Gasteiger partial charge in [0.15, 0.2) is 0 Å². The Morgan fingerprint density at radius 1 is 0.778 bits per heavy atom. The number of aliphatic hydroxyl groups is 1. The second-order valence-electron chi connectivity index (χ2n) is 6.36. The number of ether oxygens (including phenoxy) is 1. The predicted molar refractivity (Wildman–Crippen MR) is 74.7 cm³/mol. The first-order valence-corrected chi connectivity index (χ1v) is 8.13. The molecule has 1 heterocycles. The van der Waals surface area contributed by atoms with Crippen molar-refractivity contribution >= 4 is 0 Å². The summed E-state index contributed by atoms with van der Waals surface area (Å²) in [6.45, 7) is 0.765. The molecule has 1 unspecified atom stereocenters. The molecular formula is C16H30O2. The molecule has 0 aromatic rings. The molecule has 2 nitrogen and oxygen atoms in total. The van der Waals surface area contributed by atoms with E-state index < -0.39 is 0 Å². The maximum Gasteiger partial charge on any atom is 0.0707 e. The van der Waals surface area contributed by atoms with Gasteiger partial charge in [0.25, 0.3) is 0 Å². The fourth-order valence-electron chi connectivity index (χ4n) is 3.61. The van der Waals surface area contributed by atoms with Crippen LogP contribution in [-0.4, -0.2) is 23.4 Å². The van der Waals surface area contributed by atoms with E-state index in [-0.39, 0.29) is 11.7 Å². The summed E-state index contributed by atoms with van der Waals surface area (Å²) >= 11 is 0. The van der Waals surface area contributed by atoms with E-state index in [4.69, 9.17) is 4.74 Å². The minimum absolute atomic E-state index is 0.0247. The van der Waals surface area contributed by atoms with Gasteiger partial charge in [-0.3, -0.25) is 0 Å². The van der Waals surface area contributed by atoms with Gasteiger partial charge in [0.2, 0.25) is 0 Å². The molecule has 1 saturated carbocycles. The first kappa shape index (κ1) is 14.3. The quantitative estimate of drug-likeness (QED) is 0.702. The highest BCUT2D eigenvalue weighted by molar-refractivity contribution is 4.87. The molecule has 2 fully saturated rings. The molecule has 0 aromatic heterocycles. The van der Waals surface area contributed by atoms with Crippen LogP contribution in [0, 0.1) is 0 Å². The van der Waals surface area contributed by atoms with E-state index in [1.54, 1.807) is 0 Å². The summed E-state index contributed by atoms with van der Waals surface area (Å²) in [5, 5.41) is 9.94. The fourth-order valence-corrected chi connectivity index (χ4v) is 3.61. The Labute approximate surface area is 112 Å². The van der Waals surface area contributed by atoms with Crippen molar-refractivity contribution in [3.63, 3.8) is 0 Å². The summed E-state index contributed by atoms with van der Waals surface area (Å²) < 4.78 is 6.12. The van der Waals surface area contributed by atoms with Crippen molar-refractivity contribution in [2.24, 2.45) is 0 Å². The molecule has 1 saturated heterocycles. The lowest BCUT2D eigenvalue weighted by Gasteiger charge is -2.40. The van der Waals surface area contributed by atoms with Crippen LogP contribution in [0.4, 0.5) is 0 Å². The van der Waals surface area contributed by atoms with Crippen molar-refractivity contribution < 1.29 is 9.84 Å². The number of aliphatic hydroxyl groups excluding tert-OH is 1. The molecule has 1 aliphatic carbocycles. The van der Waals surface area contributed by atoms with Gasteiger partial charge in [-0.05, 0) is 19.3 Å². The summed E-state index contributed by atoms with van der Waals surface area (Å²) in [4.78, 5) is 0. The van der Waals surface area contributed by atoms with E-state index in [9.17, 15) is 5.11 Å². The summed E-state index contributed by atoms with van der Waals surface area (Å²) in [5.74, 6) is 0. The van der Waals surface area contributed by atoms with Gasteiger partial charge in [0, 0.05) is 13.0 Å². The molecule has 0 radical (unpaired) electrons. The third kappa shape index (κ3) is 4.55. The van der Waals surface area contributed by atoms with Crippen LogP contribution >= 0.6 is 0 Å². The normalized spacial score (nSPS) is 31.5. The van der Waals surface area contributed by atoms with Crippen molar-refractivity contribution in [1.29, 1.82) is 0 Å². The van der Waals surface area contributed by atoms with E-state index >= 15 is 0 Å². The lowest BCUT2D eigenvalue weighted by Crippen LogP contribution is -2.42. The van der Waals surface area contributed by atoms with Gasteiger partial charge >= 0.3 is 0 Å². The van der Waals surface area contributed by atoms with Crippen LogP contribution in [0.1, 0.15) is 83.5 Å². The fraction of sp³-hybridized carbons (Fsp3) is 1.00. The maximum absolute atomic E-state index is 9.94. The molecule has 0 amide bonds. The Bertz CT molecular complexity index is 215. The van der Waals surface area contributed by atoms with Gasteiger partial charge in [-0.15, -0.1) is 0 Å². The summed E-state index contributed by atoms with van der Waals surface area (Å²) in [5.41, 5.74) is 0.0247. The SMILES string of the molecule is OC1CCOC2(CCCCCCCCCCC2)C1. The monoisotopic (exact) mass is 254 g/mol. The van der Waals surface area contributed by atoms with Crippen LogP contribution in [0.5, 0.6) is 0 Å². The molecule has 0 bridgehead atoms. The predicted octanol–water partition coefficient (Wildman–Crippen LogP) is 4.20. The zero-order chi connectivity index (χ0) is 12.7. The van der Waals surface area contributed by atoms with Gasteiger partial charge in [-0.25, -0.2) is 0 Å². The maximum atomic E-state index is 9.94. The van der Waals surface area contributed by atoms with Crippen molar-refractivity contribution in [2.75, 3.05) is 6.61 Å². The Hall–Kier alpha value is -0.0800. The van der Waals surface area contributed by atoms with Gasteiger partial charge in [0.05, 0.1) is 11.7 Å². The summed E-state index contributed by atoms with van der Waals surface area (Å²) in [6.07, 6.45) is 16.2. The van der Waals surface area contributed by atoms with E-state index in [1.165, 1.54) is 70.6 Å². The second-order valence-corrected chi connectivity index (χ2v) is 6.36. The van der Waals surface area contributed by atoms with Crippen LogP contribution in [-0.2, 0) is 4.74 Å². The van der Waals surface area contributed by atoms with Crippen molar-refractivity contribution in [1.82, 2.24) is 0 Å². The summed E-state index contributed by atoms with van der Waals surface area (Å²) in [6, 6.07) is 0. The molecule has 18 heavy (non-hydrogen) atoms. The van der Waals surface area contributed by atoms with E-state index in [1.807, 2.05) is 0 Å². The van der Waals surface area contributed by atoms with Crippen molar-refractivity contribution in [3.8, 4) is 0 Å². The van der Waals surface area contributed by atoms with E-state index in [0.29, 0.717) is 0 Å². The lowest BCUT2D eigenvalue weighted by atomic mass is 9.82.